The number of hydrogen-bond donors (Lipinski definition) is 1. The summed E-state index contributed by atoms with van der Waals surface area (Å²) < 4.78 is 5.37. The lowest BCUT2D eigenvalue weighted by atomic mass is 10.3. The lowest BCUT2D eigenvalue weighted by Crippen LogP contribution is -1.90. The number of methoxy groups -OCH3 is 1. The van der Waals surface area contributed by atoms with Crippen LogP contribution in [0.2, 0.25) is 0 Å². The molecule has 2 aromatic carbocycles. The summed E-state index contributed by atoms with van der Waals surface area (Å²) in [5.41, 5.74) is 2.13. The molecule has 0 amide bonds. The van der Waals surface area contributed by atoms with E-state index in [0.29, 0.717) is 0 Å². The summed E-state index contributed by atoms with van der Waals surface area (Å²) in [5, 5.41) is 6.33. The van der Waals surface area contributed by atoms with Crippen LogP contribution in [0.15, 0.2) is 64.9 Å². The number of para-hydroxylation sites is 2. The Kier molecular flexibility index (Phi) is 4.98. The molecule has 112 valence electrons. The normalized spacial score (nSPS) is 10.4. The van der Waals surface area contributed by atoms with E-state index in [0.717, 1.165) is 32.9 Å². The van der Waals surface area contributed by atoms with Crippen molar-refractivity contribution in [3.63, 3.8) is 0 Å². The first kappa shape index (κ1) is 14.9. The molecule has 5 heteroatoms. The van der Waals surface area contributed by atoms with Crippen LogP contribution in [-0.2, 0) is 5.75 Å². The van der Waals surface area contributed by atoms with E-state index in [4.69, 9.17) is 4.74 Å². The minimum atomic E-state index is 0.827. The van der Waals surface area contributed by atoms with Crippen molar-refractivity contribution in [3.8, 4) is 5.75 Å². The number of nitrogens with one attached hydrogen (secondary N) is 1. The van der Waals surface area contributed by atoms with Gasteiger partial charge in [0.15, 0.2) is 5.13 Å². The molecular weight excluding hydrogens is 312 g/mol. The van der Waals surface area contributed by atoms with E-state index >= 15 is 0 Å². The number of aromatic nitrogens is 1. The smallest absolute Gasteiger partial charge is 0.187 e. The van der Waals surface area contributed by atoms with Crippen LogP contribution < -0.4 is 10.1 Å². The minimum Gasteiger partial charge on any atom is -0.496 e. The first-order chi connectivity index (χ1) is 10.8. The average Bonchev–Trinajstić information content (AvgIpc) is 3.01. The summed E-state index contributed by atoms with van der Waals surface area (Å²) >= 11 is 3.36. The van der Waals surface area contributed by atoms with Crippen molar-refractivity contribution in [3.05, 3.63) is 65.7 Å². The molecule has 3 rings (SSSR count). The molecule has 1 heterocycles. The predicted octanol–water partition coefficient (Wildman–Crippen LogP) is 5.19. The molecule has 1 aromatic heterocycles. The number of ether oxygens (including phenoxy) is 1. The van der Waals surface area contributed by atoms with Crippen LogP contribution in [-0.4, -0.2) is 12.1 Å². The third-order valence-electron chi connectivity index (χ3n) is 3.02. The molecule has 22 heavy (non-hydrogen) atoms. The van der Waals surface area contributed by atoms with E-state index in [-0.39, 0.29) is 0 Å². The van der Waals surface area contributed by atoms with Gasteiger partial charge in [0.05, 0.1) is 12.8 Å². The summed E-state index contributed by atoms with van der Waals surface area (Å²) in [6.07, 6.45) is 0. The molecule has 0 aliphatic heterocycles. The van der Waals surface area contributed by atoms with E-state index < -0.39 is 0 Å². The second-order valence-corrected chi connectivity index (χ2v) is 6.45. The van der Waals surface area contributed by atoms with Gasteiger partial charge < -0.3 is 10.1 Å². The Hall–Kier alpha value is -1.98. The van der Waals surface area contributed by atoms with Crippen LogP contribution in [0.4, 0.5) is 10.8 Å². The van der Waals surface area contributed by atoms with Gasteiger partial charge in [0.25, 0.3) is 0 Å². The van der Waals surface area contributed by atoms with Crippen molar-refractivity contribution in [1.82, 2.24) is 4.98 Å². The van der Waals surface area contributed by atoms with E-state index in [1.165, 1.54) is 0 Å². The molecule has 0 bridgehead atoms. The Labute approximate surface area is 138 Å². The number of thiazole rings is 1. The molecule has 0 saturated heterocycles. The molecule has 3 nitrogen and oxygen atoms in total. The Morgan fingerprint density at radius 2 is 1.86 bits per heavy atom. The fourth-order valence-electron chi connectivity index (χ4n) is 1.97. The molecule has 0 aliphatic carbocycles. The Balaban J connectivity index is 1.62. The highest BCUT2D eigenvalue weighted by molar-refractivity contribution is 7.98. The van der Waals surface area contributed by atoms with Crippen molar-refractivity contribution < 1.29 is 4.74 Å². The zero-order chi connectivity index (χ0) is 15.2. The lowest BCUT2D eigenvalue weighted by Gasteiger charge is -2.06. The molecule has 3 aromatic rings. The second kappa shape index (κ2) is 7.33. The van der Waals surface area contributed by atoms with E-state index in [1.807, 2.05) is 48.5 Å². The van der Waals surface area contributed by atoms with Crippen molar-refractivity contribution in [2.24, 2.45) is 0 Å². The van der Waals surface area contributed by atoms with Gasteiger partial charge in [-0.1, -0.05) is 30.3 Å². The molecule has 1 N–H and O–H groups in total. The highest BCUT2D eigenvalue weighted by Gasteiger charge is 2.06. The largest absolute Gasteiger partial charge is 0.496 e. The summed E-state index contributed by atoms with van der Waals surface area (Å²) in [5.74, 6) is 1.73. The highest BCUT2D eigenvalue weighted by Crippen LogP contribution is 2.32. The first-order valence-corrected chi connectivity index (χ1v) is 8.74. The molecule has 0 aliphatic rings. The van der Waals surface area contributed by atoms with Crippen LogP contribution in [0.3, 0.4) is 0 Å². The van der Waals surface area contributed by atoms with Gasteiger partial charge >= 0.3 is 0 Å². The molecule has 0 saturated carbocycles. The fraction of sp³-hybridized carbons (Fsp3) is 0.118. The first-order valence-electron chi connectivity index (χ1n) is 6.87. The zero-order valence-corrected chi connectivity index (χ0v) is 13.8. The van der Waals surface area contributed by atoms with Crippen LogP contribution in [0.5, 0.6) is 5.75 Å². The van der Waals surface area contributed by atoms with Crippen LogP contribution >= 0.6 is 23.1 Å². The molecule has 0 atom stereocenters. The highest BCUT2D eigenvalue weighted by atomic mass is 32.2. The maximum absolute atomic E-state index is 5.37. The van der Waals surface area contributed by atoms with Crippen molar-refractivity contribution in [2.45, 2.75) is 10.6 Å². The Bertz CT molecular complexity index is 728. The monoisotopic (exact) mass is 328 g/mol. The minimum absolute atomic E-state index is 0.827. The fourth-order valence-corrected chi connectivity index (χ4v) is 3.72. The standard InChI is InChI=1S/C17H16N2OS2/c1-20-15-9-5-6-10-16(15)21-11-14-12-22-17(19-14)18-13-7-3-2-4-8-13/h2-10,12H,11H2,1H3,(H,18,19). The van der Waals surface area contributed by atoms with Gasteiger partial charge in [0, 0.05) is 21.7 Å². The van der Waals surface area contributed by atoms with Crippen LogP contribution in [0, 0.1) is 0 Å². The number of hydrogen-bond acceptors (Lipinski definition) is 5. The van der Waals surface area contributed by atoms with Crippen molar-refractivity contribution in [2.75, 3.05) is 12.4 Å². The van der Waals surface area contributed by atoms with Gasteiger partial charge in [-0.15, -0.1) is 23.1 Å². The number of nitrogens with zero attached hydrogens (tertiary/aromatic N) is 1. The third-order valence-corrected chi connectivity index (χ3v) is 4.92. The lowest BCUT2D eigenvalue weighted by molar-refractivity contribution is 0.405. The van der Waals surface area contributed by atoms with Gasteiger partial charge in [-0.25, -0.2) is 4.98 Å². The SMILES string of the molecule is COc1ccccc1SCc1csc(Nc2ccccc2)n1. The van der Waals surface area contributed by atoms with Crippen LogP contribution in [0.1, 0.15) is 5.69 Å². The Morgan fingerprint density at radius 1 is 1.09 bits per heavy atom. The molecule has 0 spiro atoms. The maximum atomic E-state index is 5.37. The van der Waals surface area contributed by atoms with Crippen molar-refractivity contribution >= 4 is 33.9 Å². The van der Waals surface area contributed by atoms with E-state index in [1.54, 1.807) is 30.2 Å². The average molecular weight is 328 g/mol. The van der Waals surface area contributed by atoms with Gasteiger partial charge in [0.2, 0.25) is 0 Å². The van der Waals surface area contributed by atoms with Crippen LogP contribution in [0.25, 0.3) is 0 Å². The number of thioether (sulfide) groups is 1. The summed E-state index contributed by atoms with van der Waals surface area (Å²) in [6.45, 7) is 0. The number of anilines is 2. The second-order valence-electron chi connectivity index (χ2n) is 4.57. The maximum Gasteiger partial charge on any atom is 0.187 e. The van der Waals surface area contributed by atoms with Gasteiger partial charge in [-0.05, 0) is 24.3 Å². The molecule has 0 radical (unpaired) electrons. The van der Waals surface area contributed by atoms with Crippen molar-refractivity contribution in [1.29, 1.82) is 0 Å². The van der Waals surface area contributed by atoms with E-state index in [2.05, 4.69) is 21.7 Å². The van der Waals surface area contributed by atoms with Gasteiger partial charge in [0.1, 0.15) is 5.75 Å². The summed E-state index contributed by atoms with van der Waals surface area (Å²) in [7, 11) is 1.70. The Morgan fingerprint density at radius 3 is 2.68 bits per heavy atom. The molecule has 0 fully saturated rings. The quantitative estimate of drug-likeness (QED) is 0.632. The van der Waals surface area contributed by atoms with Gasteiger partial charge in [-0.2, -0.15) is 0 Å². The number of rotatable bonds is 6. The molecule has 0 unspecified atom stereocenters. The summed E-state index contributed by atoms with van der Waals surface area (Å²) in [4.78, 5) is 5.76. The molecular formula is C17H16N2OS2. The topological polar surface area (TPSA) is 34.1 Å². The number of benzene rings is 2. The predicted molar refractivity (Wildman–Crippen MR) is 94.4 cm³/mol. The van der Waals surface area contributed by atoms with E-state index in [9.17, 15) is 0 Å². The third kappa shape index (κ3) is 3.81. The summed E-state index contributed by atoms with van der Waals surface area (Å²) in [6, 6.07) is 18.1. The van der Waals surface area contributed by atoms with Gasteiger partial charge in [-0.3, -0.25) is 0 Å². The zero-order valence-electron chi connectivity index (χ0n) is 12.2.